The van der Waals surface area contributed by atoms with Crippen LogP contribution in [0.1, 0.15) is 444 Å². The minimum Gasteiger partial charge on any atom is -0.466 e. The van der Waals surface area contributed by atoms with Gasteiger partial charge in [-0.1, -0.05) is 392 Å². The van der Waals surface area contributed by atoms with E-state index in [-0.39, 0.29) is 18.5 Å². The molecule has 0 radical (unpaired) electrons. The van der Waals surface area contributed by atoms with Crippen LogP contribution in [0.25, 0.3) is 0 Å². The molecule has 2 unspecified atom stereocenters. The third-order valence-corrected chi connectivity index (χ3v) is 18.3. The number of rotatable bonds is 73. The predicted molar refractivity (Wildman–Crippen MR) is 366 cm³/mol. The van der Waals surface area contributed by atoms with Gasteiger partial charge in [0.25, 0.3) is 0 Å². The van der Waals surface area contributed by atoms with Crippen molar-refractivity contribution in [3.63, 3.8) is 0 Å². The van der Waals surface area contributed by atoms with E-state index in [2.05, 4.69) is 31.3 Å². The van der Waals surface area contributed by atoms with E-state index in [9.17, 15) is 19.8 Å². The highest BCUT2D eigenvalue weighted by atomic mass is 16.5. The van der Waals surface area contributed by atoms with E-state index in [1.807, 2.05) is 0 Å². The third kappa shape index (κ3) is 69.6. The normalized spacial score (nSPS) is 12.5. The molecule has 1 amide bonds. The molecule has 494 valence electrons. The SMILES string of the molecule is CCCCCCCCCCCCCCCCCCCCCCCCCCC(O)C(CO)NC(=O)CCCCCCCCCCCCC/C=C\CCCCCCCCCCCCCCOC(=O)CCCCCCCCCCCCCCCCC. The van der Waals surface area contributed by atoms with Gasteiger partial charge in [0.2, 0.25) is 5.91 Å². The first-order valence-electron chi connectivity index (χ1n) is 38.4. The van der Waals surface area contributed by atoms with E-state index in [0.29, 0.717) is 25.9 Å². The van der Waals surface area contributed by atoms with Gasteiger partial charge in [0, 0.05) is 12.8 Å². The lowest BCUT2D eigenvalue weighted by Gasteiger charge is -2.22. The fraction of sp³-hybridized carbons (Fsp3) is 0.948. The summed E-state index contributed by atoms with van der Waals surface area (Å²) < 4.78 is 5.50. The van der Waals surface area contributed by atoms with Crippen molar-refractivity contribution in [2.75, 3.05) is 13.2 Å². The molecule has 0 bridgehead atoms. The van der Waals surface area contributed by atoms with Crippen molar-refractivity contribution in [1.82, 2.24) is 5.32 Å². The van der Waals surface area contributed by atoms with E-state index < -0.39 is 12.1 Å². The molecule has 6 nitrogen and oxygen atoms in total. The molecule has 0 rings (SSSR count). The van der Waals surface area contributed by atoms with Gasteiger partial charge in [-0.2, -0.15) is 0 Å². The average molecular weight is 1170 g/mol. The summed E-state index contributed by atoms with van der Waals surface area (Å²) in [6, 6.07) is -0.543. The van der Waals surface area contributed by atoms with Crippen LogP contribution >= 0.6 is 0 Å². The van der Waals surface area contributed by atoms with Crippen LogP contribution in [-0.4, -0.2) is 47.4 Å². The fourth-order valence-electron chi connectivity index (χ4n) is 12.5. The first kappa shape index (κ1) is 81.6. The van der Waals surface area contributed by atoms with E-state index in [1.165, 1.54) is 372 Å². The predicted octanol–water partition coefficient (Wildman–Crippen LogP) is 25.1. The summed E-state index contributed by atoms with van der Waals surface area (Å²) in [6.45, 7) is 5.01. The standard InChI is InChI=1S/C77H151NO5/c1-3-5-7-9-11-13-15-17-19-20-21-22-23-29-32-35-38-42-45-49-53-57-61-65-69-75(80)74(73-79)78-76(81)70-66-62-58-54-50-46-43-39-36-33-30-27-25-24-26-28-31-34-37-40-44-48-52-56-60-64-68-72-83-77(82)71-67-63-59-55-51-47-41-18-16-14-12-10-8-6-4-2/h24-25,74-75,79-80H,3-23,26-73H2,1-2H3,(H,78,81)/b25-24-. The van der Waals surface area contributed by atoms with Gasteiger partial charge in [-0.15, -0.1) is 0 Å². The second-order valence-electron chi connectivity index (χ2n) is 26.7. The van der Waals surface area contributed by atoms with Gasteiger partial charge in [0.1, 0.15) is 0 Å². The maximum atomic E-state index is 12.6. The summed E-state index contributed by atoms with van der Waals surface area (Å²) in [6.07, 6.45) is 91.4. The molecule has 0 spiro atoms. The van der Waals surface area contributed by atoms with Crippen LogP contribution in [0.3, 0.4) is 0 Å². The van der Waals surface area contributed by atoms with Gasteiger partial charge in [-0.25, -0.2) is 0 Å². The van der Waals surface area contributed by atoms with Crippen LogP contribution < -0.4 is 5.32 Å². The zero-order chi connectivity index (χ0) is 59.9. The van der Waals surface area contributed by atoms with Crippen LogP contribution in [0.2, 0.25) is 0 Å². The molecule has 0 aliphatic heterocycles. The molecule has 0 aliphatic rings. The van der Waals surface area contributed by atoms with Gasteiger partial charge in [-0.05, 0) is 51.4 Å². The van der Waals surface area contributed by atoms with E-state index in [0.717, 1.165) is 38.5 Å². The molecule has 0 saturated carbocycles. The zero-order valence-corrected chi connectivity index (χ0v) is 56.7. The number of aliphatic hydroxyl groups is 2. The Kier molecular flexibility index (Phi) is 71.8. The maximum Gasteiger partial charge on any atom is 0.305 e. The number of ether oxygens (including phenoxy) is 1. The highest BCUT2D eigenvalue weighted by Gasteiger charge is 2.20. The highest BCUT2D eigenvalue weighted by molar-refractivity contribution is 5.76. The van der Waals surface area contributed by atoms with E-state index >= 15 is 0 Å². The lowest BCUT2D eigenvalue weighted by molar-refractivity contribution is -0.143. The Morgan fingerprint density at radius 3 is 0.855 bits per heavy atom. The van der Waals surface area contributed by atoms with Crippen molar-refractivity contribution < 1.29 is 24.5 Å². The monoisotopic (exact) mass is 1170 g/mol. The van der Waals surface area contributed by atoms with Crippen LogP contribution in [0.4, 0.5) is 0 Å². The highest BCUT2D eigenvalue weighted by Crippen LogP contribution is 2.20. The molecule has 0 aromatic heterocycles. The molecular weight excluding hydrogens is 1020 g/mol. The Bertz CT molecular complexity index is 1260. The molecule has 0 saturated heterocycles. The first-order chi connectivity index (χ1) is 41.0. The smallest absolute Gasteiger partial charge is 0.305 e. The van der Waals surface area contributed by atoms with Crippen molar-refractivity contribution in [2.24, 2.45) is 0 Å². The molecule has 0 aromatic rings. The second-order valence-corrected chi connectivity index (χ2v) is 26.7. The number of nitrogens with one attached hydrogen (secondary N) is 1. The summed E-state index contributed by atoms with van der Waals surface area (Å²) in [5, 5.41) is 23.5. The minimum absolute atomic E-state index is 0.0194. The number of carbonyl (C=O) groups is 2. The molecule has 83 heavy (non-hydrogen) atoms. The summed E-state index contributed by atoms with van der Waals surface area (Å²) in [5.41, 5.74) is 0. The van der Waals surface area contributed by atoms with Crippen LogP contribution in [-0.2, 0) is 14.3 Å². The molecule has 0 heterocycles. The quantitative estimate of drug-likeness (QED) is 0.0320. The summed E-state index contributed by atoms with van der Waals surface area (Å²) in [4.78, 5) is 24.7. The first-order valence-corrected chi connectivity index (χ1v) is 38.4. The summed E-state index contributed by atoms with van der Waals surface area (Å²) in [7, 11) is 0. The molecule has 0 fully saturated rings. The third-order valence-electron chi connectivity index (χ3n) is 18.3. The van der Waals surface area contributed by atoms with Gasteiger partial charge in [0.15, 0.2) is 0 Å². The van der Waals surface area contributed by atoms with Crippen LogP contribution in [0.15, 0.2) is 12.2 Å². The van der Waals surface area contributed by atoms with E-state index in [1.54, 1.807) is 0 Å². The Morgan fingerprint density at radius 1 is 0.325 bits per heavy atom. The van der Waals surface area contributed by atoms with Crippen molar-refractivity contribution in [1.29, 1.82) is 0 Å². The van der Waals surface area contributed by atoms with Gasteiger partial charge in [0.05, 0.1) is 25.4 Å². The Hall–Kier alpha value is -1.40. The Labute approximate surface area is 520 Å². The van der Waals surface area contributed by atoms with Crippen molar-refractivity contribution in [2.45, 2.75) is 456 Å². The topological polar surface area (TPSA) is 95.9 Å². The van der Waals surface area contributed by atoms with Gasteiger partial charge < -0.3 is 20.3 Å². The van der Waals surface area contributed by atoms with Crippen LogP contribution in [0, 0.1) is 0 Å². The number of hydrogen-bond acceptors (Lipinski definition) is 5. The van der Waals surface area contributed by atoms with Crippen molar-refractivity contribution in [3.8, 4) is 0 Å². The summed E-state index contributed by atoms with van der Waals surface area (Å²) in [5.74, 6) is -0.0105. The number of esters is 1. The Balaban J connectivity index is 3.37. The Morgan fingerprint density at radius 2 is 0.566 bits per heavy atom. The van der Waals surface area contributed by atoms with Crippen molar-refractivity contribution in [3.05, 3.63) is 12.2 Å². The number of unbranched alkanes of at least 4 members (excludes halogenated alkanes) is 60. The molecular formula is C77H151NO5. The zero-order valence-electron chi connectivity index (χ0n) is 56.7. The summed E-state index contributed by atoms with van der Waals surface area (Å²) >= 11 is 0. The number of aliphatic hydroxyl groups excluding tert-OH is 2. The average Bonchev–Trinajstić information content (AvgIpc) is 3.49. The second kappa shape index (κ2) is 73.1. The molecule has 3 N–H and O–H groups in total. The maximum absolute atomic E-state index is 12.6. The van der Waals surface area contributed by atoms with Gasteiger partial charge in [-0.3, -0.25) is 9.59 Å². The van der Waals surface area contributed by atoms with E-state index in [4.69, 9.17) is 4.74 Å². The number of carbonyl (C=O) groups excluding carboxylic acids is 2. The number of hydrogen-bond donors (Lipinski definition) is 3. The van der Waals surface area contributed by atoms with Gasteiger partial charge >= 0.3 is 5.97 Å². The lowest BCUT2D eigenvalue weighted by atomic mass is 10.0. The fourth-order valence-corrected chi connectivity index (χ4v) is 12.5. The number of amides is 1. The van der Waals surface area contributed by atoms with Crippen molar-refractivity contribution >= 4 is 11.9 Å². The molecule has 2 atom stereocenters. The molecule has 0 aliphatic carbocycles. The molecule has 0 aromatic carbocycles. The molecule has 6 heteroatoms. The largest absolute Gasteiger partial charge is 0.466 e. The minimum atomic E-state index is -0.666. The lowest BCUT2D eigenvalue weighted by Crippen LogP contribution is -2.45. The van der Waals surface area contributed by atoms with Crippen LogP contribution in [0.5, 0.6) is 0 Å². The number of allylic oxidation sites excluding steroid dienone is 2.